The average Bonchev–Trinajstić information content (AvgIpc) is 3.21. The second-order valence-corrected chi connectivity index (χ2v) is 6.34. The normalized spacial score (nSPS) is 17.6. The number of nitrogens with zero attached hydrogens (tertiary/aromatic N) is 3. The molecule has 1 aliphatic heterocycles. The van der Waals surface area contributed by atoms with Crippen molar-refractivity contribution in [2.24, 2.45) is 0 Å². The molecule has 0 N–H and O–H groups in total. The molecule has 1 saturated heterocycles. The Labute approximate surface area is 146 Å². The van der Waals surface area contributed by atoms with Gasteiger partial charge in [0.1, 0.15) is 5.82 Å². The van der Waals surface area contributed by atoms with Crippen molar-refractivity contribution < 1.29 is 9.53 Å². The lowest BCUT2D eigenvalue weighted by Crippen LogP contribution is -2.24. The molecule has 0 bridgehead atoms. The summed E-state index contributed by atoms with van der Waals surface area (Å²) >= 11 is 0. The predicted molar refractivity (Wildman–Crippen MR) is 97.8 cm³/mol. The number of methoxy groups -OCH3 is 1. The number of para-hydroxylation sites is 3. The van der Waals surface area contributed by atoms with Crippen molar-refractivity contribution in [2.75, 3.05) is 25.2 Å². The second kappa shape index (κ2) is 6.69. The molecule has 1 aromatic heterocycles. The summed E-state index contributed by atoms with van der Waals surface area (Å²) in [7, 11) is 1.70. The Bertz CT molecular complexity index is 888. The van der Waals surface area contributed by atoms with Crippen LogP contribution in [0.5, 0.6) is 0 Å². The van der Waals surface area contributed by atoms with Crippen molar-refractivity contribution in [3.05, 3.63) is 60.4 Å². The molecule has 0 spiro atoms. The molecule has 5 nitrogen and oxygen atoms in total. The summed E-state index contributed by atoms with van der Waals surface area (Å²) in [5, 5.41) is 0. The van der Waals surface area contributed by atoms with E-state index in [2.05, 4.69) is 10.6 Å². The third kappa shape index (κ3) is 2.91. The van der Waals surface area contributed by atoms with Crippen molar-refractivity contribution in [1.29, 1.82) is 0 Å². The van der Waals surface area contributed by atoms with Crippen LogP contribution in [0.25, 0.3) is 11.0 Å². The van der Waals surface area contributed by atoms with Crippen LogP contribution in [0.3, 0.4) is 0 Å². The van der Waals surface area contributed by atoms with Crippen LogP contribution < -0.4 is 4.90 Å². The lowest BCUT2D eigenvalue weighted by Gasteiger charge is -2.17. The highest BCUT2D eigenvalue weighted by Crippen LogP contribution is 2.33. The molecule has 25 heavy (non-hydrogen) atoms. The van der Waals surface area contributed by atoms with Crippen LogP contribution >= 0.6 is 0 Å². The first-order valence-corrected chi connectivity index (χ1v) is 8.57. The topological polar surface area (TPSA) is 47.4 Å². The third-order valence-electron chi connectivity index (χ3n) is 4.76. The van der Waals surface area contributed by atoms with Gasteiger partial charge in [0.05, 0.1) is 17.6 Å². The summed E-state index contributed by atoms with van der Waals surface area (Å²) < 4.78 is 7.47. The Kier molecular flexibility index (Phi) is 4.24. The zero-order chi connectivity index (χ0) is 17.2. The summed E-state index contributed by atoms with van der Waals surface area (Å²) in [5.41, 5.74) is 3.02. The smallest absolute Gasteiger partial charge is 0.227 e. The van der Waals surface area contributed by atoms with Gasteiger partial charge in [-0.3, -0.25) is 4.79 Å². The monoisotopic (exact) mass is 335 g/mol. The number of carbonyl (C=O) groups excluding carboxylic acids is 1. The summed E-state index contributed by atoms with van der Waals surface area (Å²) in [6, 6.07) is 18.0. The quantitative estimate of drug-likeness (QED) is 0.719. The Balaban J connectivity index is 1.69. The number of amides is 1. The van der Waals surface area contributed by atoms with E-state index in [1.54, 1.807) is 7.11 Å². The van der Waals surface area contributed by atoms with Gasteiger partial charge in [0.15, 0.2) is 0 Å². The maximum atomic E-state index is 12.6. The Hall–Kier alpha value is -2.66. The van der Waals surface area contributed by atoms with Crippen LogP contribution in [0.2, 0.25) is 0 Å². The lowest BCUT2D eigenvalue weighted by molar-refractivity contribution is -0.117. The molecular weight excluding hydrogens is 314 g/mol. The number of ether oxygens (including phenoxy) is 1. The van der Waals surface area contributed by atoms with Gasteiger partial charge in [0.2, 0.25) is 5.91 Å². The van der Waals surface area contributed by atoms with E-state index < -0.39 is 0 Å². The first-order valence-electron chi connectivity index (χ1n) is 8.57. The molecule has 3 aromatic rings. The van der Waals surface area contributed by atoms with Crippen LogP contribution in [0.4, 0.5) is 5.69 Å². The highest BCUT2D eigenvalue weighted by atomic mass is 16.5. The van der Waals surface area contributed by atoms with Gasteiger partial charge in [-0.2, -0.15) is 0 Å². The Morgan fingerprint density at radius 3 is 2.68 bits per heavy atom. The number of hydrogen-bond acceptors (Lipinski definition) is 3. The molecule has 0 radical (unpaired) electrons. The highest BCUT2D eigenvalue weighted by Gasteiger charge is 2.34. The van der Waals surface area contributed by atoms with E-state index in [1.165, 1.54) is 0 Å². The molecule has 1 atom stereocenters. The van der Waals surface area contributed by atoms with Crippen molar-refractivity contribution in [3.8, 4) is 0 Å². The van der Waals surface area contributed by atoms with E-state index in [0.29, 0.717) is 19.6 Å². The minimum absolute atomic E-state index is 0.0944. The van der Waals surface area contributed by atoms with Gasteiger partial charge in [0, 0.05) is 38.2 Å². The van der Waals surface area contributed by atoms with Gasteiger partial charge in [-0.25, -0.2) is 4.98 Å². The van der Waals surface area contributed by atoms with Gasteiger partial charge in [0.25, 0.3) is 0 Å². The number of aromatic nitrogens is 2. The van der Waals surface area contributed by atoms with Crippen molar-refractivity contribution in [3.63, 3.8) is 0 Å². The summed E-state index contributed by atoms with van der Waals surface area (Å²) in [4.78, 5) is 19.3. The third-order valence-corrected chi connectivity index (χ3v) is 4.76. The zero-order valence-electron chi connectivity index (χ0n) is 14.3. The van der Waals surface area contributed by atoms with E-state index in [0.717, 1.165) is 29.1 Å². The summed E-state index contributed by atoms with van der Waals surface area (Å²) in [5.74, 6) is 1.23. The van der Waals surface area contributed by atoms with Gasteiger partial charge in [-0.05, 0) is 24.3 Å². The first kappa shape index (κ1) is 15.8. The van der Waals surface area contributed by atoms with Gasteiger partial charge in [-0.1, -0.05) is 30.3 Å². The number of carbonyl (C=O) groups is 1. The fourth-order valence-corrected chi connectivity index (χ4v) is 3.56. The average molecular weight is 335 g/mol. The van der Waals surface area contributed by atoms with E-state index in [1.807, 2.05) is 53.4 Å². The molecule has 128 valence electrons. The molecule has 2 heterocycles. The lowest BCUT2D eigenvalue weighted by atomic mass is 10.1. The standard InChI is InChI=1S/C20H21N3O2/c1-25-12-11-22-18-10-6-5-9-17(18)21-20(22)15-13-19(24)23(14-15)16-7-3-2-4-8-16/h2-10,15H,11-14H2,1H3. The SMILES string of the molecule is COCCn1c(C2CC(=O)N(c3ccccc3)C2)nc2ccccc21. The maximum Gasteiger partial charge on any atom is 0.227 e. The second-order valence-electron chi connectivity index (χ2n) is 6.34. The number of benzene rings is 2. The fraction of sp³-hybridized carbons (Fsp3) is 0.300. The van der Waals surface area contributed by atoms with Crippen molar-refractivity contribution in [2.45, 2.75) is 18.9 Å². The van der Waals surface area contributed by atoms with E-state index in [-0.39, 0.29) is 11.8 Å². The predicted octanol–water partition coefficient (Wildman–Crippen LogP) is 3.20. The van der Waals surface area contributed by atoms with Crippen LogP contribution in [0, 0.1) is 0 Å². The summed E-state index contributed by atoms with van der Waals surface area (Å²) in [6.45, 7) is 2.03. The molecule has 4 rings (SSSR count). The molecule has 0 aliphatic carbocycles. The van der Waals surface area contributed by atoms with E-state index in [4.69, 9.17) is 9.72 Å². The molecule has 2 aromatic carbocycles. The largest absolute Gasteiger partial charge is 0.383 e. The van der Waals surface area contributed by atoms with Gasteiger partial charge < -0.3 is 14.2 Å². The van der Waals surface area contributed by atoms with Crippen molar-refractivity contribution >= 4 is 22.6 Å². The van der Waals surface area contributed by atoms with Gasteiger partial charge in [-0.15, -0.1) is 0 Å². The molecule has 1 amide bonds. The van der Waals surface area contributed by atoms with Crippen LogP contribution in [-0.2, 0) is 16.1 Å². The minimum atomic E-state index is 0.0944. The number of imidazole rings is 1. The highest BCUT2D eigenvalue weighted by molar-refractivity contribution is 5.96. The number of hydrogen-bond donors (Lipinski definition) is 0. The van der Waals surface area contributed by atoms with Crippen LogP contribution in [0.1, 0.15) is 18.2 Å². The molecule has 1 unspecified atom stereocenters. The Morgan fingerprint density at radius 2 is 1.88 bits per heavy atom. The fourth-order valence-electron chi connectivity index (χ4n) is 3.56. The first-order chi connectivity index (χ1) is 12.3. The molecule has 5 heteroatoms. The summed E-state index contributed by atoms with van der Waals surface area (Å²) in [6.07, 6.45) is 0.491. The van der Waals surface area contributed by atoms with E-state index in [9.17, 15) is 4.79 Å². The number of fused-ring (bicyclic) bond motifs is 1. The van der Waals surface area contributed by atoms with Crippen LogP contribution in [0.15, 0.2) is 54.6 Å². The van der Waals surface area contributed by atoms with E-state index >= 15 is 0 Å². The zero-order valence-corrected chi connectivity index (χ0v) is 14.3. The minimum Gasteiger partial charge on any atom is -0.383 e. The number of anilines is 1. The number of rotatable bonds is 5. The molecule has 1 aliphatic rings. The van der Waals surface area contributed by atoms with Crippen molar-refractivity contribution in [1.82, 2.24) is 9.55 Å². The molecular formula is C20H21N3O2. The maximum absolute atomic E-state index is 12.6. The van der Waals surface area contributed by atoms with Gasteiger partial charge >= 0.3 is 0 Å². The van der Waals surface area contributed by atoms with Crippen LogP contribution in [-0.4, -0.2) is 35.7 Å². The molecule has 1 fully saturated rings. The Morgan fingerprint density at radius 1 is 1.12 bits per heavy atom. The molecule has 0 saturated carbocycles.